The second-order valence-electron chi connectivity index (χ2n) is 5.75. The van der Waals surface area contributed by atoms with Crippen LogP contribution in [0.15, 0.2) is 24.3 Å². The van der Waals surface area contributed by atoms with E-state index in [-0.39, 0.29) is 18.2 Å². The number of carbonyl (C=O) groups excluding carboxylic acids is 2. The summed E-state index contributed by atoms with van der Waals surface area (Å²) in [4.78, 5) is 36.7. The Labute approximate surface area is 162 Å². The minimum absolute atomic E-state index is 0.0265. The number of nitro groups is 1. The van der Waals surface area contributed by atoms with E-state index >= 15 is 0 Å². The summed E-state index contributed by atoms with van der Waals surface area (Å²) in [6, 6.07) is 6.08. The van der Waals surface area contributed by atoms with E-state index in [0.29, 0.717) is 20.8 Å². The van der Waals surface area contributed by atoms with Crippen molar-refractivity contribution < 1.29 is 19.2 Å². The summed E-state index contributed by atoms with van der Waals surface area (Å²) in [5.41, 5.74) is 1.12. The van der Waals surface area contributed by atoms with E-state index in [0.717, 1.165) is 15.1 Å². The summed E-state index contributed by atoms with van der Waals surface area (Å²) in [6.45, 7) is 5.65. The van der Waals surface area contributed by atoms with Crippen molar-refractivity contribution in [3.63, 3.8) is 0 Å². The Morgan fingerprint density at radius 1 is 1.22 bits per heavy atom. The fourth-order valence-electron chi connectivity index (χ4n) is 2.58. The molecule has 1 N–H and O–H groups in total. The normalized spacial score (nSPS) is 10.8. The van der Waals surface area contributed by atoms with Crippen LogP contribution in [0.3, 0.4) is 0 Å². The van der Waals surface area contributed by atoms with E-state index < -0.39 is 10.9 Å². The fourth-order valence-corrected chi connectivity index (χ4v) is 4.57. The number of aryl methyl sites for hydroxylation is 1. The summed E-state index contributed by atoms with van der Waals surface area (Å²) < 4.78 is 5.86. The molecule has 1 amide bonds. The van der Waals surface area contributed by atoms with Gasteiger partial charge in [-0.05, 0) is 38.5 Å². The zero-order valence-electron chi connectivity index (χ0n) is 14.8. The van der Waals surface area contributed by atoms with E-state index in [1.54, 1.807) is 19.1 Å². The van der Waals surface area contributed by atoms with Crippen LogP contribution in [0.1, 0.15) is 37.4 Å². The molecule has 0 unspecified atom stereocenters. The van der Waals surface area contributed by atoms with Crippen LogP contribution in [-0.4, -0.2) is 23.4 Å². The predicted molar refractivity (Wildman–Crippen MR) is 106 cm³/mol. The topological polar surface area (TPSA) is 98.5 Å². The number of benzene rings is 1. The number of ether oxygens (including phenoxy) is 1. The molecule has 140 valence electrons. The van der Waals surface area contributed by atoms with Gasteiger partial charge in [-0.1, -0.05) is 0 Å². The predicted octanol–water partition coefficient (Wildman–Crippen LogP) is 4.92. The lowest BCUT2D eigenvalue weighted by Crippen LogP contribution is -2.13. The number of non-ortho nitro benzene ring substituents is 1. The first-order valence-electron chi connectivity index (χ1n) is 8.08. The molecule has 2 heterocycles. The molecule has 3 rings (SSSR count). The number of hydrogen-bond acceptors (Lipinski definition) is 7. The third-order valence-electron chi connectivity index (χ3n) is 4.03. The lowest BCUT2D eigenvalue weighted by molar-refractivity contribution is -0.384. The van der Waals surface area contributed by atoms with Crippen molar-refractivity contribution in [1.29, 1.82) is 0 Å². The summed E-state index contributed by atoms with van der Waals surface area (Å²) in [5.74, 6) is -0.840. The van der Waals surface area contributed by atoms with E-state index in [4.69, 9.17) is 4.74 Å². The molecule has 0 aliphatic heterocycles. The van der Waals surface area contributed by atoms with Crippen LogP contribution in [0.4, 0.5) is 10.7 Å². The van der Waals surface area contributed by atoms with Crippen LogP contribution < -0.4 is 5.32 Å². The number of thiophene rings is 2. The molecule has 7 nitrogen and oxygen atoms in total. The minimum Gasteiger partial charge on any atom is -0.462 e. The third-order valence-corrected chi connectivity index (χ3v) is 6.26. The molecule has 2 aromatic heterocycles. The third kappa shape index (κ3) is 3.69. The number of carbonyl (C=O) groups is 2. The number of hydrogen-bond donors (Lipinski definition) is 1. The lowest BCUT2D eigenvalue weighted by atomic mass is 10.1. The number of amides is 1. The molecular weight excluding hydrogens is 388 g/mol. The Kier molecular flexibility index (Phi) is 5.24. The molecular formula is C18H16N2O5S2. The number of nitro benzene ring substituents is 1. The van der Waals surface area contributed by atoms with Crippen molar-refractivity contribution in [1.82, 2.24) is 0 Å². The average Bonchev–Trinajstić information content (AvgIpc) is 3.15. The zero-order chi connectivity index (χ0) is 19.7. The van der Waals surface area contributed by atoms with Crippen molar-refractivity contribution in [3.05, 3.63) is 55.3 Å². The average molecular weight is 404 g/mol. The van der Waals surface area contributed by atoms with Crippen LogP contribution in [-0.2, 0) is 4.74 Å². The first kappa shape index (κ1) is 19.0. The lowest BCUT2D eigenvalue weighted by Gasteiger charge is -2.06. The smallest absolute Gasteiger partial charge is 0.341 e. The van der Waals surface area contributed by atoms with Crippen LogP contribution in [0.5, 0.6) is 0 Å². The molecule has 0 atom stereocenters. The largest absolute Gasteiger partial charge is 0.462 e. The Bertz CT molecular complexity index is 1070. The fraction of sp³-hybridized carbons (Fsp3) is 0.222. The highest BCUT2D eigenvalue weighted by atomic mass is 32.1. The maximum Gasteiger partial charge on any atom is 0.341 e. The molecule has 3 aromatic rings. The van der Waals surface area contributed by atoms with Crippen molar-refractivity contribution in [2.45, 2.75) is 20.8 Å². The molecule has 0 spiro atoms. The van der Waals surface area contributed by atoms with Gasteiger partial charge in [-0.2, -0.15) is 0 Å². The van der Waals surface area contributed by atoms with Crippen molar-refractivity contribution in [2.24, 2.45) is 0 Å². The first-order valence-corrected chi connectivity index (χ1v) is 9.71. The van der Waals surface area contributed by atoms with Gasteiger partial charge in [-0.15, -0.1) is 22.7 Å². The molecule has 0 aliphatic rings. The molecule has 9 heteroatoms. The molecule has 0 aliphatic carbocycles. The summed E-state index contributed by atoms with van der Waals surface area (Å²) in [7, 11) is 0. The van der Waals surface area contributed by atoms with Crippen molar-refractivity contribution in [3.8, 4) is 0 Å². The maximum atomic E-state index is 12.7. The number of nitrogens with one attached hydrogen (secondary N) is 1. The summed E-state index contributed by atoms with van der Waals surface area (Å²) in [5, 5.41) is 14.8. The number of esters is 1. The minimum atomic E-state index is -0.473. The standard InChI is InChI=1S/C18H16N2O5S2/c1-4-25-18(22)15-9(2)10(3)26-17(15)19-16(21)14-8-11-7-12(20(23)24)5-6-13(11)27-14/h5-8H,4H2,1-3H3,(H,19,21). The van der Waals surface area contributed by atoms with Gasteiger partial charge in [0.25, 0.3) is 11.6 Å². The van der Waals surface area contributed by atoms with E-state index in [2.05, 4.69) is 5.32 Å². The Morgan fingerprint density at radius 2 is 1.96 bits per heavy atom. The second kappa shape index (κ2) is 7.45. The van der Waals surface area contributed by atoms with Crippen molar-refractivity contribution in [2.75, 3.05) is 11.9 Å². The van der Waals surface area contributed by atoms with Gasteiger partial charge in [-0.3, -0.25) is 14.9 Å². The van der Waals surface area contributed by atoms with Gasteiger partial charge in [0.15, 0.2) is 0 Å². The highest BCUT2D eigenvalue weighted by Gasteiger charge is 2.23. The zero-order valence-corrected chi connectivity index (χ0v) is 16.5. The quantitative estimate of drug-likeness (QED) is 0.370. The van der Waals surface area contributed by atoms with Gasteiger partial charge < -0.3 is 10.1 Å². The van der Waals surface area contributed by atoms with Crippen molar-refractivity contribution >= 4 is 55.3 Å². The van der Waals surface area contributed by atoms with Crippen LogP contribution in [0.2, 0.25) is 0 Å². The highest BCUT2D eigenvalue weighted by molar-refractivity contribution is 7.21. The maximum absolute atomic E-state index is 12.7. The van der Waals surface area contributed by atoms with Crippen LogP contribution in [0, 0.1) is 24.0 Å². The van der Waals surface area contributed by atoms with Gasteiger partial charge in [0.05, 0.1) is 22.0 Å². The Hall–Kier alpha value is -2.78. The van der Waals surface area contributed by atoms with Gasteiger partial charge in [0.1, 0.15) is 5.00 Å². The first-order chi connectivity index (χ1) is 12.8. The molecule has 0 saturated carbocycles. The molecule has 0 radical (unpaired) electrons. The number of fused-ring (bicyclic) bond motifs is 1. The number of anilines is 1. The SMILES string of the molecule is CCOC(=O)c1c(NC(=O)c2cc3cc([N+](=O)[O-])ccc3s2)sc(C)c1C. The van der Waals surface area contributed by atoms with E-state index in [1.165, 1.54) is 34.8 Å². The van der Waals surface area contributed by atoms with Gasteiger partial charge in [-0.25, -0.2) is 4.79 Å². The van der Waals surface area contributed by atoms with Crippen LogP contribution in [0.25, 0.3) is 10.1 Å². The number of nitrogens with zero attached hydrogens (tertiary/aromatic N) is 1. The molecule has 0 saturated heterocycles. The van der Waals surface area contributed by atoms with Gasteiger partial charge in [0, 0.05) is 27.1 Å². The van der Waals surface area contributed by atoms with E-state index in [1.807, 2.05) is 13.8 Å². The monoisotopic (exact) mass is 404 g/mol. The highest BCUT2D eigenvalue weighted by Crippen LogP contribution is 2.35. The number of rotatable bonds is 5. The molecule has 1 aromatic carbocycles. The molecule has 0 bridgehead atoms. The summed E-state index contributed by atoms with van der Waals surface area (Å²) >= 11 is 2.55. The Morgan fingerprint density at radius 3 is 2.63 bits per heavy atom. The molecule has 0 fully saturated rings. The van der Waals surface area contributed by atoms with Gasteiger partial charge in [0.2, 0.25) is 0 Å². The molecule has 27 heavy (non-hydrogen) atoms. The summed E-state index contributed by atoms with van der Waals surface area (Å²) in [6.07, 6.45) is 0. The Balaban J connectivity index is 1.92. The van der Waals surface area contributed by atoms with Crippen LogP contribution >= 0.6 is 22.7 Å². The second-order valence-corrected chi connectivity index (χ2v) is 8.06. The van der Waals surface area contributed by atoms with E-state index in [9.17, 15) is 19.7 Å². The van der Waals surface area contributed by atoms with Gasteiger partial charge >= 0.3 is 5.97 Å².